The molecule has 0 aliphatic carbocycles. The molecular formula is C16H25NS. The van der Waals surface area contributed by atoms with Crippen molar-refractivity contribution in [3.63, 3.8) is 0 Å². The van der Waals surface area contributed by atoms with Crippen LogP contribution in [-0.2, 0) is 6.42 Å². The second-order valence-corrected chi connectivity index (χ2v) is 6.51. The lowest BCUT2D eigenvalue weighted by molar-refractivity contribution is 0.445. The van der Waals surface area contributed by atoms with Crippen LogP contribution in [0.15, 0.2) is 29.2 Å². The fourth-order valence-corrected chi connectivity index (χ4v) is 4.12. The van der Waals surface area contributed by atoms with E-state index >= 15 is 0 Å². The Bertz CT molecular complexity index is 333. The fraction of sp³-hybridized carbons (Fsp3) is 0.625. The molecule has 1 N–H and O–H groups in total. The Morgan fingerprint density at radius 1 is 1.28 bits per heavy atom. The summed E-state index contributed by atoms with van der Waals surface area (Å²) in [5.74, 6) is 0. The lowest BCUT2D eigenvalue weighted by atomic mass is 10.0. The van der Waals surface area contributed by atoms with Crippen molar-refractivity contribution < 1.29 is 0 Å². The van der Waals surface area contributed by atoms with Gasteiger partial charge in [0.05, 0.1) is 0 Å². The normalized spacial score (nSPS) is 19.8. The van der Waals surface area contributed by atoms with Crippen molar-refractivity contribution in [1.82, 2.24) is 5.32 Å². The second kappa shape index (κ2) is 7.20. The van der Waals surface area contributed by atoms with Gasteiger partial charge in [0.15, 0.2) is 0 Å². The van der Waals surface area contributed by atoms with E-state index < -0.39 is 0 Å². The fourth-order valence-electron chi connectivity index (χ4n) is 2.79. The number of benzene rings is 1. The Labute approximate surface area is 116 Å². The number of hydrogen-bond donors (Lipinski definition) is 1. The molecule has 0 saturated carbocycles. The van der Waals surface area contributed by atoms with Crippen LogP contribution in [0.2, 0.25) is 0 Å². The summed E-state index contributed by atoms with van der Waals surface area (Å²) in [5.41, 5.74) is 1.56. The minimum Gasteiger partial charge on any atom is -0.314 e. The first-order valence-electron chi connectivity index (χ1n) is 7.31. The average Bonchev–Trinajstić information content (AvgIpc) is 2.79. The predicted molar refractivity (Wildman–Crippen MR) is 81.4 cm³/mol. The highest BCUT2D eigenvalue weighted by Gasteiger charge is 2.22. The highest BCUT2D eigenvalue weighted by molar-refractivity contribution is 8.00. The van der Waals surface area contributed by atoms with E-state index in [0.29, 0.717) is 0 Å². The van der Waals surface area contributed by atoms with E-state index in [1.807, 2.05) is 0 Å². The first-order valence-corrected chi connectivity index (χ1v) is 8.19. The number of hydrogen-bond acceptors (Lipinski definition) is 2. The van der Waals surface area contributed by atoms with Crippen LogP contribution in [0.3, 0.4) is 0 Å². The van der Waals surface area contributed by atoms with Crippen LogP contribution >= 0.6 is 11.8 Å². The Morgan fingerprint density at radius 2 is 2.11 bits per heavy atom. The number of rotatable bonds is 7. The molecule has 0 radical (unpaired) electrons. The molecule has 2 unspecified atom stereocenters. The maximum atomic E-state index is 3.62. The van der Waals surface area contributed by atoms with E-state index in [1.165, 1.54) is 37.0 Å². The molecule has 0 spiro atoms. The van der Waals surface area contributed by atoms with Crippen molar-refractivity contribution in [3.05, 3.63) is 29.8 Å². The highest BCUT2D eigenvalue weighted by atomic mass is 32.2. The van der Waals surface area contributed by atoms with Crippen LogP contribution in [0.4, 0.5) is 0 Å². The molecule has 0 aromatic heterocycles. The molecule has 2 atom stereocenters. The molecule has 1 aromatic rings. The molecule has 2 rings (SSSR count). The molecule has 0 bridgehead atoms. The minimum absolute atomic E-state index is 0.726. The molecule has 100 valence electrons. The lowest BCUT2D eigenvalue weighted by Crippen LogP contribution is -2.29. The third-order valence-electron chi connectivity index (χ3n) is 3.68. The SMILES string of the molecule is CCCC(CCC1Cc2ccccc2S1)NCC. The summed E-state index contributed by atoms with van der Waals surface area (Å²) in [5, 5.41) is 4.43. The van der Waals surface area contributed by atoms with Crippen molar-refractivity contribution in [2.24, 2.45) is 0 Å². The zero-order chi connectivity index (χ0) is 12.8. The van der Waals surface area contributed by atoms with Crippen LogP contribution in [0.25, 0.3) is 0 Å². The highest BCUT2D eigenvalue weighted by Crippen LogP contribution is 2.38. The van der Waals surface area contributed by atoms with Gasteiger partial charge < -0.3 is 5.32 Å². The molecule has 18 heavy (non-hydrogen) atoms. The molecule has 1 heterocycles. The van der Waals surface area contributed by atoms with Crippen LogP contribution in [0.1, 0.15) is 45.1 Å². The molecule has 1 aliphatic rings. The van der Waals surface area contributed by atoms with E-state index in [-0.39, 0.29) is 0 Å². The zero-order valence-corrected chi connectivity index (χ0v) is 12.4. The zero-order valence-electron chi connectivity index (χ0n) is 11.6. The predicted octanol–water partition coefficient (Wildman–Crippen LogP) is 4.26. The van der Waals surface area contributed by atoms with Crippen molar-refractivity contribution in [1.29, 1.82) is 0 Å². The van der Waals surface area contributed by atoms with Gasteiger partial charge in [-0.3, -0.25) is 0 Å². The average molecular weight is 263 g/mol. The van der Waals surface area contributed by atoms with E-state index in [4.69, 9.17) is 0 Å². The Kier molecular flexibility index (Phi) is 5.58. The summed E-state index contributed by atoms with van der Waals surface area (Å²) in [6, 6.07) is 9.61. The quantitative estimate of drug-likeness (QED) is 0.789. The smallest absolute Gasteiger partial charge is 0.0136 e. The van der Waals surface area contributed by atoms with Crippen molar-refractivity contribution >= 4 is 11.8 Å². The van der Waals surface area contributed by atoms with E-state index in [0.717, 1.165) is 17.8 Å². The van der Waals surface area contributed by atoms with Crippen molar-refractivity contribution in [3.8, 4) is 0 Å². The summed E-state index contributed by atoms with van der Waals surface area (Å²) in [6.45, 7) is 5.59. The molecule has 2 heteroatoms. The maximum absolute atomic E-state index is 3.62. The van der Waals surface area contributed by atoms with E-state index in [1.54, 1.807) is 5.56 Å². The van der Waals surface area contributed by atoms with Gasteiger partial charge in [-0.15, -0.1) is 11.8 Å². The summed E-state index contributed by atoms with van der Waals surface area (Å²) in [7, 11) is 0. The van der Waals surface area contributed by atoms with Gasteiger partial charge in [0.2, 0.25) is 0 Å². The van der Waals surface area contributed by atoms with Crippen LogP contribution in [-0.4, -0.2) is 17.8 Å². The first-order chi connectivity index (χ1) is 8.83. The number of fused-ring (bicyclic) bond motifs is 1. The third kappa shape index (κ3) is 3.76. The number of thioether (sulfide) groups is 1. The molecule has 0 saturated heterocycles. The molecule has 1 aromatic carbocycles. The molecule has 0 fully saturated rings. The van der Waals surface area contributed by atoms with Gasteiger partial charge >= 0.3 is 0 Å². The molecule has 1 nitrogen and oxygen atoms in total. The summed E-state index contributed by atoms with van der Waals surface area (Å²) >= 11 is 2.09. The van der Waals surface area contributed by atoms with Gasteiger partial charge in [-0.1, -0.05) is 38.5 Å². The van der Waals surface area contributed by atoms with E-state index in [9.17, 15) is 0 Å². The minimum atomic E-state index is 0.726. The van der Waals surface area contributed by atoms with Gasteiger partial charge in [0.25, 0.3) is 0 Å². The molecule has 1 aliphatic heterocycles. The number of nitrogens with one attached hydrogen (secondary N) is 1. The monoisotopic (exact) mass is 263 g/mol. The largest absolute Gasteiger partial charge is 0.314 e. The topological polar surface area (TPSA) is 12.0 Å². The van der Waals surface area contributed by atoms with E-state index in [2.05, 4.69) is 55.2 Å². The summed E-state index contributed by atoms with van der Waals surface area (Å²) < 4.78 is 0. The van der Waals surface area contributed by atoms with Gasteiger partial charge in [0.1, 0.15) is 0 Å². The Balaban J connectivity index is 1.78. The Hall–Kier alpha value is -0.470. The third-order valence-corrected chi connectivity index (χ3v) is 5.07. The van der Waals surface area contributed by atoms with Gasteiger partial charge in [0, 0.05) is 16.2 Å². The van der Waals surface area contributed by atoms with Crippen LogP contribution in [0, 0.1) is 0 Å². The first kappa shape index (κ1) is 14.0. The lowest BCUT2D eigenvalue weighted by Gasteiger charge is -2.18. The Morgan fingerprint density at radius 3 is 2.83 bits per heavy atom. The summed E-state index contributed by atoms with van der Waals surface area (Å²) in [4.78, 5) is 1.51. The van der Waals surface area contributed by atoms with Crippen LogP contribution in [0.5, 0.6) is 0 Å². The molecular weight excluding hydrogens is 238 g/mol. The molecule has 0 amide bonds. The van der Waals surface area contributed by atoms with Crippen molar-refractivity contribution in [2.75, 3.05) is 6.54 Å². The van der Waals surface area contributed by atoms with Gasteiger partial charge in [-0.2, -0.15) is 0 Å². The van der Waals surface area contributed by atoms with Gasteiger partial charge in [-0.05, 0) is 43.9 Å². The van der Waals surface area contributed by atoms with Gasteiger partial charge in [-0.25, -0.2) is 0 Å². The van der Waals surface area contributed by atoms with Crippen LogP contribution < -0.4 is 5.32 Å². The van der Waals surface area contributed by atoms with Crippen molar-refractivity contribution in [2.45, 2.75) is 62.1 Å². The second-order valence-electron chi connectivity index (χ2n) is 5.17. The summed E-state index contributed by atoms with van der Waals surface area (Å²) in [6.07, 6.45) is 6.55. The standard InChI is InChI=1S/C16H25NS/c1-3-7-14(17-4-2)10-11-15-12-13-8-5-6-9-16(13)18-15/h5-6,8-9,14-15,17H,3-4,7,10-12H2,1-2H3. The maximum Gasteiger partial charge on any atom is 0.0136 e.